The molecule has 0 amide bonds. The van der Waals surface area contributed by atoms with Crippen molar-refractivity contribution in [1.29, 1.82) is 5.26 Å². The van der Waals surface area contributed by atoms with Gasteiger partial charge in [-0.25, -0.2) is 0 Å². The van der Waals surface area contributed by atoms with Gasteiger partial charge in [-0.2, -0.15) is 10.4 Å². The lowest BCUT2D eigenvalue weighted by Gasteiger charge is -2.04. The Morgan fingerprint density at radius 2 is 2.21 bits per heavy atom. The third kappa shape index (κ3) is 2.23. The number of aryl methyl sites for hydroxylation is 3. The Morgan fingerprint density at radius 3 is 2.95 bits per heavy atom. The van der Waals surface area contributed by atoms with Gasteiger partial charge in [-0.1, -0.05) is 0 Å². The van der Waals surface area contributed by atoms with E-state index in [-0.39, 0.29) is 0 Å². The smallest absolute Gasteiger partial charge is 0.0991 e. The average Bonchev–Trinajstić information content (AvgIpc) is 3.02. The molecule has 0 saturated carbocycles. The number of hydrogen-bond donors (Lipinski definition) is 0. The molecule has 4 nitrogen and oxygen atoms in total. The third-order valence-electron chi connectivity index (χ3n) is 3.30. The molecule has 0 unspecified atom stereocenters. The summed E-state index contributed by atoms with van der Waals surface area (Å²) in [4.78, 5) is 0. The standard InChI is InChI=1S/C15H14N4/c1-18-11-13(10-17-18)4-6-19-7-5-14-8-12(9-16)2-3-15(14)19/h2-3,5,7-8,10-11H,4,6H2,1H3. The van der Waals surface area contributed by atoms with Crippen LogP contribution >= 0.6 is 0 Å². The maximum Gasteiger partial charge on any atom is 0.0991 e. The minimum Gasteiger partial charge on any atom is -0.347 e. The Bertz CT molecular complexity index is 758. The predicted molar refractivity (Wildman–Crippen MR) is 73.6 cm³/mol. The quantitative estimate of drug-likeness (QED) is 0.717. The lowest BCUT2D eigenvalue weighted by atomic mass is 10.2. The number of fused-ring (bicyclic) bond motifs is 1. The summed E-state index contributed by atoms with van der Waals surface area (Å²) in [6.45, 7) is 0.918. The molecule has 1 aromatic carbocycles. The predicted octanol–water partition coefficient (Wildman–Crippen LogP) is 2.49. The van der Waals surface area contributed by atoms with Gasteiger partial charge in [-0.3, -0.25) is 4.68 Å². The number of nitriles is 1. The molecular weight excluding hydrogens is 236 g/mol. The monoisotopic (exact) mass is 250 g/mol. The van der Waals surface area contributed by atoms with E-state index in [0.717, 1.165) is 18.4 Å². The second-order valence-corrected chi connectivity index (χ2v) is 4.67. The molecule has 0 spiro atoms. The molecule has 0 aliphatic heterocycles. The lowest BCUT2D eigenvalue weighted by Crippen LogP contribution is -1.99. The van der Waals surface area contributed by atoms with Crippen LogP contribution in [-0.2, 0) is 20.0 Å². The van der Waals surface area contributed by atoms with Crippen LogP contribution in [0.15, 0.2) is 42.9 Å². The Balaban J connectivity index is 1.83. The van der Waals surface area contributed by atoms with E-state index in [9.17, 15) is 0 Å². The molecule has 4 heteroatoms. The second kappa shape index (κ2) is 4.62. The van der Waals surface area contributed by atoms with Crippen molar-refractivity contribution in [3.8, 4) is 6.07 Å². The van der Waals surface area contributed by atoms with Gasteiger partial charge < -0.3 is 4.57 Å². The highest BCUT2D eigenvalue weighted by Gasteiger charge is 2.03. The summed E-state index contributed by atoms with van der Waals surface area (Å²) >= 11 is 0. The molecule has 3 rings (SSSR count). The van der Waals surface area contributed by atoms with Crippen LogP contribution in [0.2, 0.25) is 0 Å². The minimum absolute atomic E-state index is 0.706. The summed E-state index contributed by atoms with van der Waals surface area (Å²) in [6, 6.07) is 10.0. The molecule has 0 saturated heterocycles. The Kier molecular flexibility index (Phi) is 2.81. The Labute approximate surface area is 111 Å². The van der Waals surface area contributed by atoms with Gasteiger partial charge in [0.1, 0.15) is 0 Å². The fourth-order valence-corrected chi connectivity index (χ4v) is 2.32. The summed E-state index contributed by atoms with van der Waals surface area (Å²) in [5, 5.41) is 14.2. The molecule has 3 aromatic rings. The Morgan fingerprint density at radius 1 is 1.32 bits per heavy atom. The van der Waals surface area contributed by atoms with Crippen LogP contribution < -0.4 is 0 Å². The summed E-state index contributed by atoms with van der Waals surface area (Å²) in [6.07, 6.45) is 6.97. The molecule has 0 N–H and O–H groups in total. The number of nitrogens with zero attached hydrogens (tertiary/aromatic N) is 4. The molecule has 0 aliphatic rings. The molecule has 0 fully saturated rings. The molecule has 0 radical (unpaired) electrons. The topological polar surface area (TPSA) is 46.5 Å². The van der Waals surface area contributed by atoms with Crippen molar-refractivity contribution in [2.45, 2.75) is 13.0 Å². The van der Waals surface area contributed by atoms with E-state index >= 15 is 0 Å². The van der Waals surface area contributed by atoms with Crippen molar-refractivity contribution in [3.05, 3.63) is 54.0 Å². The first-order valence-corrected chi connectivity index (χ1v) is 6.23. The van der Waals surface area contributed by atoms with E-state index in [1.807, 2.05) is 42.3 Å². The van der Waals surface area contributed by atoms with Gasteiger partial charge >= 0.3 is 0 Å². The third-order valence-corrected chi connectivity index (χ3v) is 3.30. The first kappa shape index (κ1) is 11.5. The van der Waals surface area contributed by atoms with Crippen molar-refractivity contribution >= 4 is 10.9 Å². The molecule has 0 aliphatic carbocycles. The van der Waals surface area contributed by atoms with Crippen LogP contribution in [0.4, 0.5) is 0 Å². The van der Waals surface area contributed by atoms with E-state index in [2.05, 4.69) is 28.0 Å². The fourth-order valence-electron chi connectivity index (χ4n) is 2.32. The molecule has 0 bridgehead atoms. The number of hydrogen-bond acceptors (Lipinski definition) is 2. The summed E-state index contributed by atoms with van der Waals surface area (Å²) in [5.41, 5.74) is 3.11. The molecule has 0 atom stereocenters. The van der Waals surface area contributed by atoms with Crippen molar-refractivity contribution in [2.75, 3.05) is 0 Å². The molecule has 2 aromatic heterocycles. The lowest BCUT2D eigenvalue weighted by molar-refractivity contribution is 0.720. The normalized spacial score (nSPS) is 10.7. The number of benzene rings is 1. The van der Waals surface area contributed by atoms with Crippen molar-refractivity contribution < 1.29 is 0 Å². The van der Waals surface area contributed by atoms with Gasteiger partial charge in [0.2, 0.25) is 0 Å². The first-order valence-electron chi connectivity index (χ1n) is 6.23. The van der Waals surface area contributed by atoms with Crippen LogP contribution in [0.3, 0.4) is 0 Å². The van der Waals surface area contributed by atoms with Crippen LogP contribution in [0.1, 0.15) is 11.1 Å². The van der Waals surface area contributed by atoms with Crippen LogP contribution in [0.25, 0.3) is 10.9 Å². The van der Waals surface area contributed by atoms with E-state index in [1.165, 1.54) is 11.1 Å². The van der Waals surface area contributed by atoms with Gasteiger partial charge in [0.15, 0.2) is 0 Å². The van der Waals surface area contributed by atoms with E-state index in [1.54, 1.807) is 0 Å². The van der Waals surface area contributed by atoms with Gasteiger partial charge in [-0.05, 0) is 36.2 Å². The zero-order valence-electron chi connectivity index (χ0n) is 10.7. The van der Waals surface area contributed by atoms with Crippen molar-refractivity contribution in [1.82, 2.24) is 14.3 Å². The maximum atomic E-state index is 8.89. The highest BCUT2D eigenvalue weighted by atomic mass is 15.2. The van der Waals surface area contributed by atoms with Gasteiger partial charge in [0, 0.05) is 36.9 Å². The molecule has 2 heterocycles. The summed E-state index contributed by atoms with van der Waals surface area (Å²) in [7, 11) is 1.93. The molecular formula is C15H14N4. The summed E-state index contributed by atoms with van der Waals surface area (Å²) in [5.74, 6) is 0. The van der Waals surface area contributed by atoms with Gasteiger partial charge in [-0.15, -0.1) is 0 Å². The number of rotatable bonds is 3. The van der Waals surface area contributed by atoms with E-state index in [0.29, 0.717) is 5.56 Å². The zero-order chi connectivity index (χ0) is 13.2. The van der Waals surface area contributed by atoms with E-state index < -0.39 is 0 Å². The maximum absolute atomic E-state index is 8.89. The molecule has 19 heavy (non-hydrogen) atoms. The number of aromatic nitrogens is 3. The van der Waals surface area contributed by atoms with Gasteiger partial charge in [0.05, 0.1) is 17.8 Å². The first-order chi connectivity index (χ1) is 9.26. The average molecular weight is 250 g/mol. The van der Waals surface area contributed by atoms with Gasteiger partial charge in [0.25, 0.3) is 0 Å². The molecule has 94 valence electrons. The van der Waals surface area contributed by atoms with Crippen LogP contribution in [-0.4, -0.2) is 14.3 Å². The highest BCUT2D eigenvalue weighted by Crippen LogP contribution is 2.18. The summed E-state index contributed by atoms with van der Waals surface area (Å²) < 4.78 is 4.03. The largest absolute Gasteiger partial charge is 0.347 e. The fraction of sp³-hybridized carbons (Fsp3) is 0.200. The SMILES string of the molecule is Cn1cc(CCn2ccc3cc(C#N)ccc32)cn1. The van der Waals surface area contributed by atoms with Crippen molar-refractivity contribution in [3.63, 3.8) is 0 Å². The van der Waals surface area contributed by atoms with Crippen LogP contribution in [0.5, 0.6) is 0 Å². The van der Waals surface area contributed by atoms with E-state index in [4.69, 9.17) is 5.26 Å². The van der Waals surface area contributed by atoms with Crippen molar-refractivity contribution in [2.24, 2.45) is 7.05 Å². The minimum atomic E-state index is 0.706. The second-order valence-electron chi connectivity index (χ2n) is 4.67. The van der Waals surface area contributed by atoms with Crippen LogP contribution in [0, 0.1) is 11.3 Å². The Hall–Kier alpha value is -2.54. The highest BCUT2D eigenvalue weighted by molar-refractivity contribution is 5.81. The zero-order valence-corrected chi connectivity index (χ0v) is 10.7.